The molecule has 0 radical (unpaired) electrons. The minimum atomic E-state index is 0.130. The summed E-state index contributed by atoms with van der Waals surface area (Å²) in [6, 6.07) is 19.6. The van der Waals surface area contributed by atoms with Crippen LogP contribution in [0.4, 0.5) is 0 Å². The van der Waals surface area contributed by atoms with Gasteiger partial charge in [0.25, 0.3) is 0 Å². The van der Waals surface area contributed by atoms with Crippen LogP contribution in [0.2, 0.25) is 10.0 Å². The zero-order chi connectivity index (χ0) is 22.9. The molecule has 3 aromatic carbocycles. The molecule has 1 N–H and O–H groups in total. The molecule has 164 valence electrons. The molecule has 5 heteroatoms. The molecule has 0 aliphatic heterocycles. The van der Waals surface area contributed by atoms with Gasteiger partial charge in [0.1, 0.15) is 5.82 Å². The number of nitrogens with zero attached hydrogens (tertiary/aromatic N) is 1. The number of aryl methyl sites for hydroxylation is 1. The van der Waals surface area contributed by atoms with E-state index in [0.717, 1.165) is 23.9 Å². The zero-order valence-corrected chi connectivity index (χ0v) is 20.0. The lowest BCUT2D eigenvalue weighted by atomic mass is 9.86. The van der Waals surface area contributed by atoms with Crippen molar-refractivity contribution < 1.29 is 4.79 Å². The van der Waals surface area contributed by atoms with Gasteiger partial charge in [0, 0.05) is 12.0 Å². The van der Waals surface area contributed by atoms with Gasteiger partial charge in [-0.2, -0.15) is 0 Å². The molecular formula is C27H26Cl2N2O. The SMILES string of the molecule is CC(C)(C)c1ccc(CCCC(=O)c2ccc3nc(-c4c(Cl)cccc4Cl)[nH]c3c2)cc1. The Balaban J connectivity index is 1.44. The number of fused-ring (bicyclic) bond motifs is 1. The van der Waals surface area contributed by atoms with E-state index >= 15 is 0 Å². The Morgan fingerprint density at radius 2 is 1.66 bits per heavy atom. The van der Waals surface area contributed by atoms with Crippen LogP contribution in [0.5, 0.6) is 0 Å². The average molecular weight is 465 g/mol. The van der Waals surface area contributed by atoms with Crippen molar-refractivity contribution in [2.24, 2.45) is 0 Å². The Morgan fingerprint density at radius 3 is 2.31 bits per heavy atom. The van der Waals surface area contributed by atoms with Gasteiger partial charge in [-0.25, -0.2) is 4.98 Å². The molecule has 0 unspecified atom stereocenters. The highest BCUT2D eigenvalue weighted by atomic mass is 35.5. The number of carbonyl (C=O) groups is 1. The van der Waals surface area contributed by atoms with Crippen LogP contribution in [-0.2, 0) is 11.8 Å². The second kappa shape index (κ2) is 9.09. The minimum absolute atomic E-state index is 0.130. The number of Topliss-reactive ketones (excluding diaryl/α,β-unsaturated/α-hetero) is 1. The molecule has 0 amide bonds. The van der Waals surface area contributed by atoms with E-state index in [0.29, 0.717) is 33.4 Å². The van der Waals surface area contributed by atoms with Crippen molar-refractivity contribution in [3.63, 3.8) is 0 Å². The normalized spacial score (nSPS) is 11.8. The maximum Gasteiger partial charge on any atom is 0.162 e. The number of imidazole rings is 1. The van der Waals surface area contributed by atoms with Crippen LogP contribution in [0, 0.1) is 0 Å². The van der Waals surface area contributed by atoms with Crippen LogP contribution in [0.25, 0.3) is 22.4 Å². The first-order chi connectivity index (χ1) is 15.2. The van der Waals surface area contributed by atoms with Crippen molar-refractivity contribution in [3.05, 3.63) is 87.4 Å². The van der Waals surface area contributed by atoms with Crippen LogP contribution in [-0.4, -0.2) is 15.8 Å². The number of halogens is 2. The number of benzene rings is 3. The van der Waals surface area contributed by atoms with Crippen LogP contribution in [0.15, 0.2) is 60.7 Å². The number of ketones is 1. The first-order valence-corrected chi connectivity index (χ1v) is 11.5. The van der Waals surface area contributed by atoms with E-state index in [9.17, 15) is 4.79 Å². The first-order valence-electron chi connectivity index (χ1n) is 10.8. The van der Waals surface area contributed by atoms with Crippen molar-refractivity contribution in [1.82, 2.24) is 9.97 Å². The molecule has 4 rings (SSSR count). The summed E-state index contributed by atoms with van der Waals surface area (Å²) < 4.78 is 0. The molecule has 3 nitrogen and oxygen atoms in total. The van der Waals surface area contributed by atoms with Crippen LogP contribution in [0.3, 0.4) is 0 Å². The van der Waals surface area contributed by atoms with E-state index in [4.69, 9.17) is 23.2 Å². The van der Waals surface area contributed by atoms with Crippen LogP contribution in [0.1, 0.15) is 55.1 Å². The summed E-state index contributed by atoms with van der Waals surface area (Å²) in [6.07, 6.45) is 2.21. The fourth-order valence-electron chi connectivity index (χ4n) is 3.79. The largest absolute Gasteiger partial charge is 0.338 e. The van der Waals surface area contributed by atoms with E-state index in [1.165, 1.54) is 11.1 Å². The topological polar surface area (TPSA) is 45.8 Å². The number of aromatic amines is 1. The number of nitrogens with one attached hydrogen (secondary N) is 1. The monoisotopic (exact) mass is 464 g/mol. The van der Waals surface area contributed by atoms with Crippen molar-refractivity contribution in [2.75, 3.05) is 0 Å². The molecular weight excluding hydrogens is 439 g/mol. The third-order valence-corrected chi connectivity index (χ3v) is 6.32. The van der Waals surface area contributed by atoms with Crippen molar-refractivity contribution in [1.29, 1.82) is 0 Å². The molecule has 1 aromatic heterocycles. The lowest BCUT2D eigenvalue weighted by Crippen LogP contribution is -2.10. The number of carbonyl (C=O) groups excluding carboxylic acids is 1. The highest BCUT2D eigenvalue weighted by molar-refractivity contribution is 6.39. The second-order valence-corrected chi connectivity index (χ2v) is 9.95. The molecule has 32 heavy (non-hydrogen) atoms. The summed E-state index contributed by atoms with van der Waals surface area (Å²) in [5, 5.41) is 1.06. The quantitative estimate of drug-likeness (QED) is 0.293. The molecule has 0 spiro atoms. The highest BCUT2D eigenvalue weighted by Crippen LogP contribution is 2.34. The Hall–Kier alpha value is -2.62. The van der Waals surface area contributed by atoms with Crippen molar-refractivity contribution in [2.45, 2.75) is 45.4 Å². The highest BCUT2D eigenvalue weighted by Gasteiger charge is 2.15. The van der Waals surface area contributed by atoms with Crippen LogP contribution < -0.4 is 0 Å². The van der Waals surface area contributed by atoms with Crippen molar-refractivity contribution in [3.8, 4) is 11.4 Å². The lowest BCUT2D eigenvalue weighted by molar-refractivity contribution is 0.0980. The molecule has 0 saturated carbocycles. The van der Waals surface area contributed by atoms with Crippen molar-refractivity contribution >= 4 is 40.0 Å². The predicted molar refractivity (Wildman–Crippen MR) is 134 cm³/mol. The summed E-state index contributed by atoms with van der Waals surface area (Å²) in [5.41, 5.74) is 5.64. The van der Waals surface area contributed by atoms with E-state index in [1.807, 2.05) is 18.2 Å². The summed E-state index contributed by atoms with van der Waals surface area (Å²) in [5.74, 6) is 0.726. The Kier molecular flexibility index (Phi) is 6.41. The third kappa shape index (κ3) is 4.90. The number of hydrogen-bond acceptors (Lipinski definition) is 2. The van der Waals surface area contributed by atoms with Gasteiger partial charge in [0.05, 0.1) is 26.6 Å². The number of aromatic nitrogens is 2. The molecule has 1 heterocycles. The molecule has 4 aromatic rings. The second-order valence-electron chi connectivity index (χ2n) is 9.14. The molecule has 0 fully saturated rings. The Labute approximate surface area is 198 Å². The van der Waals surface area contributed by atoms with Gasteiger partial charge in [0.15, 0.2) is 5.78 Å². The summed E-state index contributed by atoms with van der Waals surface area (Å²) in [7, 11) is 0. The predicted octanol–water partition coefficient (Wildman–Crippen LogP) is 8.04. The summed E-state index contributed by atoms with van der Waals surface area (Å²) in [6.45, 7) is 6.63. The Morgan fingerprint density at radius 1 is 0.969 bits per heavy atom. The van der Waals surface area contributed by atoms with E-state index < -0.39 is 0 Å². The maximum absolute atomic E-state index is 12.8. The first kappa shape index (κ1) is 22.6. The fourth-order valence-corrected chi connectivity index (χ4v) is 4.37. The fraction of sp³-hybridized carbons (Fsp3) is 0.259. The van der Waals surface area contributed by atoms with E-state index in [1.54, 1.807) is 18.2 Å². The average Bonchev–Trinajstić information content (AvgIpc) is 3.16. The van der Waals surface area contributed by atoms with Gasteiger partial charge in [-0.15, -0.1) is 0 Å². The van der Waals surface area contributed by atoms with E-state index in [2.05, 4.69) is 55.0 Å². The summed E-state index contributed by atoms with van der Waals surface area (Å²) >= 11 is 12.6. The van der Waals surface area contributed by atoms with Gasteiger partial charge in [-0.05, 0) is 59.7 Å². The van der Waals surface area contributed by atoms with E-state index in [-0.39, 0.29) is 11.2 Å². The molecule has 0 atom stereocenters. The zero-order valence-electron chi connectivity index (χ0n) is 18.5. The molecule has 0 aliphatic rings. The van der Waals surface area contributed by atoms with Gasteiger partial charge < -0.3 is 4.98 Å². The molecule has 0 saturated heterocycles. The van der Waals surface area contributed by atoms with Gasteiger partial charge >= 0.3 is 0 Å². The minimum Gasteiger partial charge on any atom is -0.338 e. The number of hydrogen-bond donors (Lipinski definition) is 1. The summed E-state index contributed by atoms with van der Waals surface area (Å²) in [4.78, 5) is 20.6. The van der Waals surface area contributed by atoms with Crippen LogP contribution >= 0.6 is 23.2 Å². The van der Waals surface area contributed by atoms with Gasteiger partial charge in [-0.3, -0.25) is 4.79 Å². The standard InChI is InChI=1S/C27H26Cl2N2O/c1-27(2,3)19-13-10-17(11-14-19)6-4-9-24(32)18-12-15-22-23(16-18)31-26(30-22)25-20(28)7-5-8-21(25)29/h5,7-8,10-16H,4,6,9H2,1-3H3,(H,30,31). The number of H-pyrrole nitrogens is 1. The third-order valence-electron chi connectivity index (χ3n) is 5.69. The lowest BCUT2D eigenvalue weighted by Gasteiger charge is -2.19. The Bertz CT molecular complexity index is 1250. The number of rotatable bonds is 6. The van der Waals surface area contributed by atoms with Gasteiger partial charge in [-0.1, -0.05) is 74.3 Å². The molecule has 0 aliphatic carbocycles. The molecule has 0 bridgehead atoms. The smallest absolute Gasteiger partial charge is 0.162 e. The van der Waals surface area contributed by atoms with Gasteiger partial charge in [0.2, 0.25) is 0 Å². The maximum atomic E-state index is 12.8.